The van der Waals surface area contributed by atoms with Gasteiger partial charge in [-0.1, -0.05) is 0 Å². The number of carbonyl (C=O) groups is 8. The molecule has 0 bridgehead atoms. The van der Waals surface area contributed by atoms with Gasteiger partial charge in [-0.2, -0.15) is 0 Å². The number of nitrogens with one attached hydrogen (secondary N) is 4. The van der Waals surface area contributed by atoms with Gasteiger partial charge >= 0.3 is 23.9 Å². The van der Waals surface area contributed by atoms with Gasteiger partial charge in [0.25, 0.3) is 0 Å². The zero-order chi connectivity index (χ0) is 26.6. The Morgan fingerprint density at radius 2 is 0.882 bits per heavy atom. The van der Waals surface area contributed by atoms with Crippen LogP contribution in [0.15, 0.2) is 0 Å². The number of carboxylic acid groups (broad SMARTS) is 4. The minimum Gasteiger partial charge on any atom is -0.481 e. The first-order valence-electron chi connectivity index (χ1n) is 9.44. The molecular formula is C17H25N5O12. The van der Waals surface area contributed by atoms with E-state index in [4.69, 9.17) is 26.2 Å². The van der Waals surface area contributed by atoms with Crippen molar-refractivity contribution in [1.29, 1.82) is 0 Å². The summed E-state index contributed by atoms with van der Waals surface area (Å²) in [6.45, 7) is 0.408. The Bertz CT molecular complexity index is 829. The molecule has 190 valence electrons. The zero-order valence-corrected chi connectivity index (χ0v) is 17.8. The average molecular weight is 491 g/mol. The molecule has 0 saturated carbocycles. The van der Waals surface area contributed by atoms with Crippen LogP contribution in [0.3, 0.4) is 0 Å². The first-order chi connectivity index (χ1) is 15.7. The topological polar surface area (TPSA) is 292 Å². The van der Waals surface area contributed by atoms with Crippen LogP contribution < -0.4 is 27.0 Å². The summed E-state index contributed by atoms with van der Waals surface area (Å²) in [7, 11) is 0. The van der Waals surface area contributed by atoms with E-state index in [2.05, 4.69) is 0 Å². The lowest BCUT2D eigenvalue weighted by Crippen LogP contribution is -2.59. The van der Waals surface area contributed by atoms with Crippen molar-refractivity contribution in [3.63, 3.8) is 0 Å². The highest BCUT2D eigenvalue weighted by molar-refractivity contribution is 5.98. The Hall–Kier alpha value is -4.28. The van der Waals surface area contributed by atoms with E-state index in [0.29, 0.717) is 0 Å². The molecule has 0 aromatic carbocycles. The summed E-state index contributed by atoms with van der Waals surface area (Å²) in [5.74, 6) is -10.9. The SMILES string of the molecule is CC(=O)N[C@@H](CC(=O)O)C(=O)N[C@@H](CC(=O)O)C(=O)N[C@@H](CC(=O)O)C(=O)N[C@@H](CN)C(=O)O. The van der Waals surface area contributed by atoms with Crippen molar-refractivity contribution in [2.24, 2.45) is 5.73 Å². The van der Waals surface area contributed by atoms with Gasteiger partial charge in [-0.3, -0.25) is 33.6 Å². The lowest BCUT2D eigenvalue weighted by molar-refractivity contribution is -0.145. The third-order valence-electron chi connectivity index (χ3n) is 3.95. The number of hydrogen-bond acceptors (Lipinski definition) is 9. The monoisotopic (exact) mass is 491 g/mol. The minimum atomic E-state index is -1.93. The number of carbonyl (C=O) groups excluding carboxylic acids is 4. The molecule has 0 aliphatic heterocycles. The van der Waals surface area contributed by atoms with E-state index in [-0.39, 0.29) is 0 Å². The van der Waals surface area contributed by atoms with Crippen molar-refractivity contribution in [3.05, 3.63) is 0 Å². The molecule has 0 radical (unpaired) electrons. The van der Waals surface area contributed by atoms with Gasteiger partial charge in [0.05, 0.1) is 19.3 Å². The quantitative estimate of drug-likeness (QED) is 0.104. The molecule has 0 aromatic heterocycles. The first-order valence-corrected chi connectivity index (χ1v) is 9.44. The molecule has 0 aliphatic carbocycles. The van der Waals surface area contributed by atoms with Gasteiger partial charge in [-0.15, -0.1) is 0 Å². The van der Waals surface area contributed by atoms with Crippen molar-refractivity contribution >= 4 is 47.5 Å². The van der Waals surface area contributed by atoms with E-state index in [9.17, 15) is 38.4 Å². The predicted molar refractivity (Wildman–Crippen MR) is 107 cm³/mol. The minimum absolute atomic E-state index is 0.569. The summed E-state index contributed by atoms with van der Waals surface area (Å²) in [6.07, 6.45) is -3.03. The van der Waals surface area contributed by atoms with Gasteiger partial charge in [0.1, 0.15) is 24.2 Å². The van der Waals surface area contributed by atoms with Crippen LogP contribution in [0.4, 0.5) is 0 Å². The van der Waals surface area contributed by atoms with Crippen LogP contribution in [0.1, 0.15) is 26.2 Å². The number of aliphatic carboxylic acids is 4. The maximum absolute atomic E-state index is 12.6. The lowest BCUT2D eigenvalue weighted by atomic mass is 10.1. The van der Waals surface area contributed by atoms with E-state index in [1.54, 1.807) is 0 Å². The van der Waals surface area contributed by atoms with Crippen LogP contribution in [-0.4, -0.2) is 98.6 Å². The summed E-state index contributed by atoms with van der Waals surface area (Å²) < 4.78 is 0. The van der Waals surface area contributed by atoms with Crippen LogP contribution in [0, 0.1) is 0 Å². The van der Waals surface area contributed by atoms with Gasteiger partial charge in [0.2, 0.25) is 23.6 Å². The third kappa shape index (κ3) is 11.4. The number of rotatable bonds is 15. The molecule has 17 nitrogen and oxygen atoms in total. The van der Waals surface area contributed by atoms with Gasteiger partial charge < -0.3 is 47.4 Å². The van der Waals surface area contributed by atoms with Crippen molar-refractivity contribution in [1.82, 2.24) is 21.3 Å². The van der Waals surface area contributed by atoms with E-state index in [1.165, 1.54) is 0 Å². The average Bonchev–Trinajstić information content (AvgIpc) is 2.68. The second-order valence-corrected chi connectivity index (χ2v) is 6.80. The zero-order valence-electron chi connectivity index (χ0n) is 17.8. The Kier molecular flexibility index (Phi) is 12.2. The maximum Gasteiger partial charge on any atom is 0.327 e. The van der Waals surface area contributed by atoms with E-state index in [1.807, 2.05) is 21.3 Å². The maximum atomic E-state index is 12.6. The normalized spacial score (nSPS) is 13.8. The highest BCUT2D eigenvalue weighted by Crippen LogP contribution is 2.02. The Labute approximate surface area is 191 Å². The van der Waals surface area contributed by atoms with Gasteiger partial charge in [-0.25, -0.2) is 4.79 Å². The molecule has 17 heteroatoms. The summed E-state index contributed by atoms with van der Waals surface area (Å²) in [5.41, 5.74) is 5.20. The van der Waals surface area contributed by atoms with E-state index < -0.39 is 97.5 Å². The van der Waals surface area contributed by atoms with Crippen LogP contribution in [0.2, 0.25) is 0 Å². The second kappa shape index (κ2) is 14.0. The van der Waals surface area contributed by atoms with Gasteiger partial charge in [-0.05, 0) is 0 Å². The molecule has 0 unspecified atom stereocenters. The van der Waals surface area contributed by atoms with Crippen molar-refractivity contribution in [2.45, 2.75) is 50.4 Å². The van der Waals surface area contributed by atoms with Crippen LogP contribution in [0.5, 0.6) is 0 Å². The fourth-order valence-electron chi connectivity index (χ4n) is 2.44. The summed E-state index contributed by atoms with van der Waals surface area (Å²) in [5, 5.41) is 43.6. The second-order valence-electron chi connectivity index (χ2n) is 6.80. The summed E-state index contributed by atoms with van der Waals surface area (Å²) >= 11 is 0. The number of carboxylic acids is 4. The fourth-order valence-corrected chi connectivity index (χ4v) is 2.44. The molecule has 0 heterocycles. The van der Waals surface area contributed by atoms with Gasteiger partial charge in [0, 0.05) is 13.5 Å². The van der Waals surface area contributed by atoms with Crippen LogP contribution in [-0.2, 0) is 38.4 Å². The largest absolute Gasteiger partial charge is 0.481 e. The van der Waals surface area contributed by atoms with Crippen LogP contribution in [0.25, 0.3) is 0 Å². The fraction of sp³-hybridized carbons (Fsp3) is 0.529. The van der Waals surface area contributed by atoms with Crippen molar-refractivity contribution < 1.29 is 58.8 Å². The van der Waals surface area contributed by atoms with Crippen LogP contribution >= 0.6 is 0 Å². The Morgan fingerprint density at radius 1 is 0.588 bits per heavy atom. The van der Waals surface area contributed by atoms with Gasteiger partial charge in [0.15, 0.2) is 0 Å². The molecule has 10 N–H and O–H groups in total. The molecule has 0 aliphatic rings. The number of amides is 4. The van der Waals surface area contributed by atoms with Crippen molar-refractivity contribution in [3.8, 4) is 0 Å². The molecule has 0 spiro atoms. The molecule has 4 amide bonds. The smallest absolute Gasteiger partial charge is 0.327 e. The van der Waals surface area contributed by atoms with E-state index >= 15 is 0 Å². The lowest BCUT2D eigenvalue weighted by Gasteiger charge is -2.24. The molecule has 0 saturated heterocycles. The highest BCUT2D eigenvalue weighted by atomic mass is 16.4. The predicted octanol–water partition coefficient (Wildman–Crippen LogP) is -4.59. The molecular weight excluding hydrogens is 466 g/mol. The molecule has 0 fully saturated rings. The number of nitrogens with two attached hydrogens (primary N) is 1. The first kappa shape index (κ1) is 29.7. The van der Waals surface area contributed by atoms with E-state index in [0.717, 1.165) is 6.92 Å². The summed E-state index contributed by atoms with van der Waals surface area (Å²) in [6, 6.07) is -7.12. The third-order valence-corrected chi connectivity index (χ3v) is 3.95. The molecule has 34 heavy (non-hydrogen) atoms. The van der Waals surface area contributed by atoms with Crippen molar-refractivity contribution in [2.75, 3.05) is 6.54 Å². The number of hydrogen-bond donors (Lipinski definition) is 9. The highest BCUT2D eigenvalue weighted by Gasteiger charge is 2.33. The standard InChI is InChI=1S/C17H25N5O12/c1-6(23)19-7(2-11(24)25)14(30)20-8(3-12(26)27)15(31)21-9(4-13(28)29)16(32)22-10(5-18)17(33)34/h7-10H,2-5,18H2,1H3,(H,19,23)(H,20,30)(H,21,31)(H,22,32)(H,24,25)(H,26,27)(H,28,29)(H,33,34)/t7-,8-,9-,10-/m0/s1. The Balaban J connectivity index is 5.69. The Morgan fingerprint density at radius 3 is 1.12 bits per heavy atom. The summed E-state index contributed by atoms with van der Waals surface area (Å²) in [4.78, 5) is 92.5. The molecule has 0 aromatic rings. The molecule has 4 atom stereocenters. The molecule has 0 rings (SSSR count).